The number of nitrogens with one attached hydrogen (secondary N) is 1. The molecule has 4 aromatic rings. The van der Waals surface area contributed by atoms with Gasteiger partial charge in [0.1, 0.15) is 55.9 Å². The topological polar surface area (TPSA) is 309 Å². The lowest BCUT2D eigenvalue weighted by atomic mass is 10.1. The zero-order chi connectivity index (χ0) is 31.8. The molecular formula is C20H26BN10O12P2-. The van der Waals surface area contributed by atoms with Gasteiger partial charge in [-0.25, -0.2) is 24.5 Å². The van der Waals surface area contributed by atoms with Crippen molar-refractivity contribution in [3.8, 4) is 0 Å². The minimum Gasteiger partial charge on any atom is -0.387 e. The predicted octanol–water partition coefficient (Wildman–Crippen LogP) is -2.97. The van der Waals surface area contributed by atoms with E-state index in [-0.39, 0.29) is 34.1 Å². The fourth-order valence-electron chi connectivity index (χ4n) is 5.21. The first-order valence-corrected chi connectivity index (χ1v) is 15.3. The molecule has 2 bridgehead atoms. The highest BCUT2D eigenvalue weighted by Gasteiger charge is 2.52. The summed E-state index contributed by atoms with van der Waals surface area (Å²) in [5, 5.41) is 22.4. The van der Waals surface area contributed by atoms with Gasteiger partial charge in [0.25, 0.3) is 5.56 Å². The number of hydrogen-bond acceptors (Lipinski definition) is 18. The Kier molecular flexibility index (Phi) is 7.34. The second kappa shape index (κ2) is 10.9. The van der Waals surface area contributed by atoms with Crippen LogP contribution in [0.1, 0.15) is 12.5 Å². The van der Waals surface area contributed by atoms with E-state index >= 15 is 0 Å². The molecule has 0 radical (unpaired) electrons. The second-order valence-corrected chi connectivity index (χ2v) is 12.2. The summed E-state index contributed by atoms with van der Waals surface area (Å²) in [6, 6.07) is 0. The highest BCUT2D eigenvalue weighted by molar-refractivity contribution is 7.79. The number of rotatable bonds is 2. The molecule has 0 amide bonds. The highest BCUT2D eigenvalue weighted by atomic mass is 31.2. The molecule has 4 aromatic heterocycles. The van der Waals surface area contributed by atoms with Gasteiger partial charge in [-0.1, -0.05) is 0 Å². The number of imidazole rings is 2. The van der Waals surface area contributed by atoms with E-state index in [0.29, 0.717) is 0 Å². The van der Waals surface area contributed by atoms with Gasteiger partial charge in [0.05, 0.1) is 33.4 Å². The first kappa shape index (κ1) is 30.3. The molecule has 0 aromatic carbocycles. The van der Waals surface area contributed by atoms with Crippen LogP contribution in [0.25, 0.3) is 22.3 Å². The number of aromatic amines is 1. The van der Waals surface area contributed by atoms with Crippen molar-refractivity contribution in [2.75, 3.05) is 24.7 Å². The van der Waals surface area contributed by atoms with Crippen LogP contribution in [0.5, 0.6) is 0 Å². The van der Waals surface area contributed by atoms with E-state index in [4.69, 9.17) is 39.0 Å². The summed E-state index contributed by atoms with van der Waals surface area (Å²) >= 11 is 0. The Morgan fingerprint density at radius 3 is 2.36 bits per heavy atom. The summed E-state index contributed by atoms with van der Waals surface area (Å²) in [6.07, 6.45) is -7.63. The molecule has 25 heteroatoms. The number of aliphatic hydroxyl groups is 2. The van der Waals surface area contributed by atoms with Gasteiger partial charge in [-0.2, -0.15) is 4.98 Å². The number of phosphoric ester groups is 1. The highest BCUT2D eigenvalue weighted by Crippen LogP contribution is 2.53. The van der Waals surface area contributed by atoms with Gasteiger partial charge in [0.15, 0.2) is 35.1 Å². The van der Waals surface area contributed by atoms with Gasteiger partial charge in [-0.05, 0) is 0 Å². The number of fused-ring (bicyclic) bond motifs is 5. The predicted molar refractivity (Wildman–Crippen MR) is 151 cm³/mol. The molecule has 0 aliphatic carbocycles. The third kappa shape index (κ3) is 5.34. The summed E-state index contributed by atoms with van der Waals surface area (Å²) in [5.74, 6) is -0.159. The monoisotopic (exact) mass is 671 g/mol. The molecular weight excluding hydrogens is 645 g/mol. The van der Waals surface area contributed by atoms with Crippen LogP contribution >= 0.6 is 15.3 Å². The maximum Gasteiger partial charge on any atom is 0.472 e. The Bertz CT molecular complexity index is 1940. The number of aromatic nitrogens is 8. The Morgan fingerprint density at radius 2 is 1.58 bits per heavy atom. The summed E-state index contributed by atoms with van der Waals surface area (Å²) in [7, 11) is -10.1. The number of nitrogens with two attached hydrogens (primary N) is 2. The second-order valence-electron chi connectivity index (χ2n) is 9.89. The minimum absolute atomic E-state index is 0.0671. The summed E-state index contributed by atoms with van der Waals surface area (Å²) in [4.78, 5) is 45.6. The summed E-state index contributed by atoms with van der Waals surface area (Å²) in [5.41, 5.74) is 11.2. The van der Waals surface area contributed by atoms with Crippen LogP contribution in [0.4, 0.5) is 11.8 Å². The van der Waals surface area contributed by atoms with Crippen LogP contribution in [0.3, 0.4) is 0 Å². The number of hydrogen-bond donors (Lipinski definition) is 6. The van der Waals surface area contributed by atoms with Gasteiger partial charge in [-0.3, -0.25) is 28.0 Å². The van der Waals surface area contributed by atoms with Crippen LogP contribution in [-0.4, -0.2) is 112 Å². The lowest BCUT2D eigenvalue weighted by molar-refractivity contribution is -0.0637. The third-order valence-electron chi connectivity index (χ3n) is 7.22. The fraction of sp³-hybridized carbons (Fsp3) is 0.500. The Morgan fingerprint density at radius 1 is 0.889 bits per heavy atom. The molecule has 10 atom stereocenters. The van der Waals surface area contributed by atoms with Crippen LogP contribution in [0.15, 0.2) is 23.8 Å². The molecule has 3 saturated heterocycles. The van der Waals surface area contributed by atoms with E-state index in [9.17, 15) is 29.0 Å². The van der Waals surface area contributed by atoms with Crippen molar-refractivity contribution >= 4 is 57.0 Å². The first-order valence-electron chi connectivity index (χ1n) is 12.8. The van der Waals surface area contributed by atoms with Crippen molar-refractivity contribution in [3.05, 3.63) is 29.3 Å². The third-order valence-corrected chi connectivity index (χ3v) is 8.98. The van der Waals surface area contributed by atoms with Gasteiger partial charge in [0.2, 0.25) is 5.95 Å². The molecule has 3 fully saturated rings. The molecule has 22 nitrogen and oxygen atoms in total. The van der Waals surface area contributed by atoms with Crippen LogP contribution < -0.4 is 17.0 Å². The molecule has 4 unspecified atom stereocenters. The number of nitrogens with zero attached hydrogens (tertiary/aromatic N) is 7. The van der Waals surface area contributed by atoms with E-state index in [0.717, 1.165) is 6.33 Å². The van der Waals surface area contributed by atoms with Crippen LogP contribution in [-0.2, 0) is 36.7 Å². The zero-order valence-electron chi connectivity index (χ0n) is 22.0. The van der Waals surface area contributed by atoms with E-state index < -0.39 is 90.7 Å². The average Bonchev–Trinajstić information content (AvgIpc) is 3.72. The molecule has 8 N–H and O–H groups in total. The van der Waals surface area contributed by atoms with Crippen LogP contribution in [0.2, 0.25) is 0 Å². The smallest absolute Gasteiger partial charge is 0.387 e. The Hall–Kier alpha value is -3.34. The first-order chi connectivity index (χ1) is 21.3. The largest absolute Gasteiger partial charge is 0.472 e. The normalized spacial score (nSPS) is 37.7. The average molecular weight is 671 g/mol. The maximum atomic E-state index is 13.6. The van der Waals surface area contributed by atoms with Crippen molar-refractivity contribution in [1.82, 2.24) is 39.0 Å². The molecule has 45 heavy (non-hydrogen) atoms. The van der Waals surface area contributed by atoms with Gasteiger partial charge < -0.3 is 49.7 Å². The van der Waals surface area contributed by atoms with E-state index in [1.165, 1.54) is 21.8 Å². The number of phosphoric acid groups is 1. The molecule has 0 saturated carbocycles. The lowest BCUT2D eigenvalue weighted by Gasteiger charge is -2.29. The summed E-state index contributed by atoms with van der Waals surface area (Å²) in [6.45, 7) is -1.20. The molecule has 242 valence electrons. The molecule has 3 aliphatic rings. The Labute approximate surface area is 251 Å². The van der Waals surface area contributed by atoms with E-state index in [1.807, 2.05) is 0 Å². The van der Waals surface area contributed by atoms with Gasteiger partial charge in [0, 0.05) is 0 Å². The quantitative estimate of drug-likeness (QED) is 0.0915. The molecule has 3 aliphatic heterocycles. The minimum atomic E-state index is -5.04. The van der Waals surface area contributed by atoms with Crippen molar-refractivity contribution < 1.29 is 51.8 Å². The lowest BCUT2D eigenvalue weighted by Crippen LogP contribution is -2.36. The number of H-pyrrole nitrogens is 1. The zero-order valence-corrected chi connectivity index (χ0v) is 23.7. The number of anilines is 2. The molecule has 0 spiro atoms. The Balaban J connectivity index is 1.21. The standard InChI is InChI=1S/C20H26BN10O12P2/c21-44(35)38-1-6-10(32)13(19(40-6)31-5-27-9-16(31)28-20(23)29-17(9)34)43-45(36,37)39-2-7-12(42-44)11(33)18(41-7)30-4-26-8-14(22)24-3-25-15(8)30/h3-7,10-13,18-19,32-33H,1-2H2,21H3,(H,36,37)(H2,22,24,25)(H3,23,28,29,34)/q-1/t6-,7-,10?,11?,12+,13+,18-,19-,44?/m1/s1. The molecule has 7 rings (SSSR count). The fourth-order valence-corrected chi connectivity index (χ4v) is 6.93. The number of ether oxygens (including phenoxy) is 2. The number of nitrogen functional groups attached to an aromatic ring is 2. The van der Waals surface area contributed by atoms with Crippen molar-refractivity contribution in [1.29, 1.82) is 0 Å². The van der Waals surface area contributed by atoms with Crippen molar-refractivity contribution in [2.24, 2.45) is 0 Å². The van der Waals surface area contributed by atoms with Gasteiger partial charge in [-0.15, -0.1) is 0 Å². The SMILES string of the molecule is [BH3-]P1(=O)OC[C@H]2O[C@@H](n3cnc4c(=O)[nH]c(N)nc43)[C@@H](OP(=O)(O)OC[C@H]3O[C@@H](n4cnc5c(N)ncnc54)C(O)[C@H]3O1)C2O. The number of aliphatic hydroxyl groups excluding tert-OH is 2. The van der Waals surface area contributed by atoms with Crippen molar-refractivity contribution in [2.45, 2.75) is 49.1 Å². The van der Waals surface area contributed by atoms with E-state index in [1.54, 1.807) is 0 Å². The maximum absolute atomic E-state index is 13.6. The summed E-state index contributed by atoms with van der Waals surface area (Å²) < 4.78 is 63.4. The van der Waals surface area contributed by atoms with Gasteiger partial charge >= 0.3 is 7.82 Å². The van der Waals surface area contributed by atoms with E-state index in [2.05, 4.69) is 29.9 Å². The van der Waals surface area contributed by atoms with Crippen LogP contribution in [0, 0.1) is 0 Å². The van der Waals surface area contributed by atoms with Crippen molar-refractivity contribution in [3.63, 3.8) is 0 Å². The molecule has 7 heterocycles.